The number of carbonyl (C=O) groups is 6. The number of hydrogen-bond donors (Lipinski definition) is 0. The van der Waals surface area contributed by atoms with Crippen LogP contribution in [0.4, 0.5) is 5.82 Å². The summed E-state index contributed by atoms with van der Waals surface area (Å²) in [4.78, 5) is 94.0. The third-order valence-electron chi connectivity index (χ3n) is 12.8. The summed E-state index contributed by atoms with van der Waals surface area (Å²) >= 11 is 7.25. The number of halogens is 1. The molecule has 0 spiro atoms. The predicted octanol–water partition coefficient (Wildman–Crippen LogP) is 6.82. The lowest BCUT2D eigenvalue weighted by atomic mass is 9.81. The normalized spacial score (nSPS) is 22.1. The fourth-order valence-corrected chi connectivity index (χ4v) is 9.19. The number of unbranched alkanes of at least 4 members (excludes halogenated alkanes) is 4. The smallest absolute Gasteiger partial charge is 0.333 e. The summed E-state index contributed by atoms with van der Waals surface area (Å²) in [6.07, 6.45) is 21.5. The molecule has 15 nitrogen and oxygen atoms in total. The molecule has 2 fully saturated rings. The van der Waals surface area contributed by atoms with Gasteiger partial charge in [-0.15, -0.1) is 10.1 Å². The van der Waals surface area contributed by atoms with Crippen molar-refractivity contribution in [2.24, 2.45) is 15.4 Å². The molecule has 1 aromatic rings. The summed E-state index contributed by atoms with van der Waals surface area (Å²) in [7, 11) is 4.40. The molecule has 0 N–H and O–H groups in total. The molecule has 7 heterocycles. The first-order chi connectivity index (χ1) is 30.9. The third kappa shape index (κ3) is 10.5. The van der Waals surface area contributed by atoms with Gasteiger partial charge in [-0.3, -0.25) is 19.2 Å². The maximum absolute atomic E-state index is 12.2. The van der Waals surface area contributed by atoms with Gasteiger partial charge in [0.2, 0.25) is 0 Å². The molecule has 344 valence electrons. The van der Waals surface area contributed by atoms with Crippen molar-refractivity contribution in [3.05, 3.63) is 94.0 Å². The summed E-state index contributed by atoms with van der Waals surface area (Å²) in [6, 6.07) is 4.17. The van der Waals surface area contributed by atoms with Crippen molar-refractivity contribution in [3.8, 4) is 0 Å². The Bertz CT molecular complexity index is 2400. The number of aliphatic imine (C=N–C) groups is 2. The summed E-state index contributed by atoms with van der Waals surface area (Å²) in [5, 5.41) is 1.92. The maximum atomic E-state index is 12.2. The number of amidine groups is 1. The van der Waals surface area contributed by atoms with E-state index in [0.29, 0.717) is 36.1 Å². The van der Waals surface area contributed by atoms with E-state index in [0.717, 1.165) is 93.6 Å². The number of likely N-dealkylation sites (N-methyl/N-ethyl adjacent to an activating group) is 1. The number of allylic oxidation sites excluding steroid dienone is 6. The van der Waals surface area contributed by atoms with Crippen LogP contribution in [-0.4, -0.2) is 100 Å². The van der Waals surface area contributed by atoms with Crippen LogP contribution in [0.3, 0.4) is 0 Å². The molecule has 65 heavy (non-hydrogen) atoms. The number of fused-ring (bicyclic) bond motifs is 2. The number of amides is 4. The second kappa shape index (κ2) is 19.4. The lowest BCUT2D eigenvalue weighted by Crippen LogP contribution is -2.45. The molecule has 7 rings (SSSR count). The van der Waals surface area contributed by atoms with Crippen LogP contribution in [0.25, 0.3) is 0 Å². The molecule has 0 unspecified atom stereocenters. The van der Waals surface area contributed by atoms with Gasteiger partial charge in [0, 0.05) is 73.4 Å². The minimum atomic E-state index is -0.575. The number of aromatic nitrogens is 1. The van der Waals surface area contributed by atoms with E-state index in [-0.39, 0.29) is 49.4 Å². The van der Waals surface area contributed by atoms with Gasteiger partial charge in [0.25, 0.3) is 23.6 Å². The van der Waals surface area contributed by atoms with E-state index in [1.54, 1.807) is 0 Å². The Hall–Kier alpha value is -5.80. The molecule has 0 atom stereocenters. The van der Waals surface area contributed by atoms with Gasteiger partial charge in [-0.2, -0.15) is 0 Å². The van der Waals surface area contributed by atoms with Gasteiger partial charge in [-0.25, -0.2) is 19.1 Å². The Morgan fingerprint density at radius 1 is 0.800 bits per heavy atom. The van der Waals surface area contributed by atoms with E-state index in [2.05, 4.69) is 87.7 Å². The van der Waals surface area contributed by atoms with E-state index in [4.69, 9.17) is 31.3 Å². The highest BCUT2D eigenvalue weighted by Crippen LogP contribution is 2.45. The molecular weight excluding hydrogens is 850 g/mol. The molecule has 0 radical (unpaired) electrons. The van der Waals surface area contributed by atoms with Crippen molar-refractivity contribution < 1.29 is 47.5 Å². The average molecular weight is 911 g/mol. The van der Waals surface area contributed by atoms with E-state index in [9.17, 15) is 28.8 Å². The van der Waals surface area contributed by atoms with Gasteiger partial charge in [0.1, 0.15) is 18.9 Å². The van der Waals surface area contributed by atoms with Crippen LogP contribution < -0.4 is 4.57 Å². The molecule has 0 aromatic carbocycles. The molecule has 0 bridgehead atoms. The number of pyridine rings is 1. The van der Waals surface area contributed by atoms with Crippen molar-refractivity contribution in [3.63, 3.8) is 0 Å². The van der Waals surface area contributed by atoms with Crippen LogP contribution in [0.15, 0.2) is 98.4 Å². The second-order valence-electron chi connectivity index (χ2n) is 19.1. The number of hydrogen-bond acceptors (Lipinski definition) is 11. The Labute approximate surface area is 385 Å². The number of quaternary nitrogens is 1. The van der Waals surface area contributed by atoms with Crippen molar-refractivity contribution in [1.82, 2.24) is 15.0 Å². The van der Waals surface area contributed by atoms with E-state index in [1.807, 2.05) is 24.5 Å². The number of nitrogens with zero attached hydrogens (tertiary/aromatic N) is 7. The highest BCUT2D eigenvalue weighted by Gasteiger charge is 2.43. The zero-order valence-corrected chi connectivity index (χ0v) is 39.1. The Balaban J connectivity index is 0.975. The summed E-state index contributed by atoms with van der Waals surface area (Å²) in [5.41, 5.74) is 5.52. The van der Waals surface area contributed by atoms with Crippen LogP contribution in [0.2, 0.25) is 0 Å². The van der Waals surface area contributed by atoms with E-state index < -0.39 is 35.6 Å². The fraction of sp³-hybridized carbons (Fsp3) is 0.490. The second-order valence-corrected chi connectivity index (χ2v) is 19.5. The molecule has 6 aliphatic rings. The number of imide groups is 2. The number of aryl methyl sites for hydroxylation is 1. The van der Waals surface area contributed by atoms with Crippen molar-refractivity contribution in [2.45, 2.75) is 117 Å². The first-order valence-corrected chi connectivity index (χ1v) is 23.0. The maximum Gasteiger partial charge on any atom is 0.333 e. The lowest BCUT2D eigenvalue weighted by molar-refractivity contribution is -0.881. The molecular formula is C49H60ClN7O8+2. The standard InChI is InChI=1S/C49H60ClN7O8/c1-48(2)35-15-13-29-53(27-11-7-9-17-43(62)64-55-39(58)23-24-40(55)59)46(35)51-37(48)21-19-33-31-57(5,6)32-34(45(33)50)20-22-38-49(3,4)36-16-14-30-54(47(36)52-38)28-12-8-10-18-44(63)65-56-41(60)25-26-42(56)61/h13-16,19-22,29-30H,7-12,17-18,23-28,31-32H2,1-6H3/q+2. The zero-order valence-electron chi connectivity index (χ0n) is 38.4. The van der Waals surface area contributed by atoms with Crippen LogP contribution in [-0.2, 0) is 50.4 Å². The van der Waals surface area contributed by atoms with Crippen LogP contribution in [0.1, 0.15) is 110 Å². The van der Waals surface area contributed by atoms with Gasteiger partial charge in [0.15, 0.2) is 5.71 Å². The topological polar surface area (TPSA) is 159 Å². The fourth-order valence-electron chi connectivity index (χ4n) is 8.95. The first kappa shape index (κ1) is 47.2. The molecule has 16 heteroatoms. The van der Waals surface area contributed by atoms with E-state index >= 15 is 0 Å². The van der Waals surface area contributed by atoms with Gasteiger partial charge in [-0.05, 0) is 87.4 Å². The summed E-state index contributed by atoms with van der Waals surface area (Å²) in [5.74, 6) is -1.23. The zero-order chi connectivity index (χ0) is 46.7. The Morgan fingerprint density at radius 3 is 2.05 bits per heavy atom. The average Bonchev–Trinajstić information content (AvgIpc) is 3.92. The number of rotatable bonds is 17. The predicted molar refractivity (Wildman–Crippen MR) is 243 cm³/mol. The summed E-state index contributed by atoms with van der Waals surface area (Å²) in [6.45, 7) is 11.7. The SMILES string of the molecule is CC1(C)C2=CC=CN(CCCCCC(=O)ON3C(=O)CCC3=O)C2=N/C1=C/C=C1\C[N+](C)(C)CC(/C=C/C2=Nc3c(ccc[n+]3CCCCCC(=O)ON3C(=O)CCC3=O)C2(C)C)=C1Cl. The third-order valence-corrected chi connectivity index (χ3v) is 13.3. The van der Waals surface area contributed by atoms with Gasteiger partial charge < -0.3 is 19.1 Å². The highest BCUT2D eigenvalue weighted by atomic mass is 35.5. The first-order valence-electron chi connectivity index (χ1n) is 22.7. The molecule has 6 aliphatic heterocycles. The lowest BCUT2D eigenvalue weighted by Gasteiger charge is -2.35. The Morgan fingerprint density at radius 2 is 1.42 bits per heavy atom. The molecule has 4 amide bonds. The number of carbonyl (C=O) groups excluding carboxylic acids is 6. The minimum absolute atomic E-state index is 0.0736. The Kier molecular flexibility index (Phi) is 14.0. The van der Waals surface area contributed by atoms with Crippen molar-refractivity contribution >= 4 is 64.5 Å². The molecule has 0 aliphatic carbocycles. The van der Waals surface area contributed by atoms with Crippen LogP contribution in [0.5, 0.6) is 0 Å². The van der Waals surface area contributed by atoms with Gasteiger partial charge in [-0.1, -0.05) is 44.0 Å². The van der Waals surface area contributed by atoms with Crippen molar-refractivity contribution in [2.75, 3.05) is 33.7 Å². The molecule has 0 saturated carbocycles. The monoisotopic (exact) mass is 909 g/mol. The van der Waals surface area contributed by atoms with E-state index in [1.165, 1.54) is 0 Å². The summed E-state index contributed by atoms with van der Waals surface area (Å²) < 4.78 is 2.88. The van der Waals surface area contributed by atoms with Crippen LogP contribution >= 0.6 is 11.6 Å². The van der Waals surface area contributed by atoms with Crippen molar-refractivity contribution in [1.29, 1.82) is 0 Å². The quantitative estimate of drug-likeness (QED) is 0.0708. The number of hydroxylamine groups is 4. The van der Waals surface area contributed by atoms with Crippen LogP contribution in [0, 0.1) is 5.41 Å². The largest absolute Gasteiger partial charge is 0.333 e. The van der Waals surface area contributed by atoms with Gasteiger partial charge >= 0.3 is 17.8 Å². The molecule has 1 aromatic heterocycles. The highest BCUT2D eigenvalue weighted by molar-refractivity contribution is 6.32. The minimum Gasteiger partial charge on any atom is -0.333 e. The molecule has 2 saturated heterocycles. The van der Waals surface area contributed by atoms with Gasteiger partial charge in [0.05, 0.1) is 48.5 Å².